The average molecular weight is 508 g/mol. The van der Waals surface area contributed by atoms with Gasteiger partial charge < -0.3 is 23.2 Å². The van der Waals surface area contributed by atoms with Crippen LogP contribution in [0.5, 0.6) is 5.75 Å². The number of fused-ring (bicyclic) bond motifs is 1. The Balaban J connectivity index is 1.55. The van der Waals surface area contributed by atoms with Gasteiger partial charge in [-0.1, -0.05) is 0 Å². The Labute approximate surface area is 218 Å². The number of esters is 1. The minimum atomic E-state index is -0.346. The molecule has 7 nitrogen and oxygen atoms in total. The summed E-state index contributed by atoms with van der Waals surface area (Å²) in [7, 11) is 0. The minimum absolute atomic E-state index is 0.0967. The van der Waals surface area contributed by atoms with Crippen LogP contribution >= 0.6 is 0 Å². The van der Waals surface area contributed by atoms with Crippen LogP contribution in [0.1, 0.15) is 83.5 Å². The Kier molecular flexibility index (Phi) is 7.81. The molecule has 37 heavy (non-hydrogen) atoms. The van der Waals surface area contributed by atoms with Gasteiger partial charge in [-0.25, -0.2) is 0 Å². The number of carbonyl (C=O) groups excluding carboxylic acids is 2. The van der Waals surface area contributed by atoms with Gasteiger partial charge in [0.15, 0.2) is 5.76 Å². The first-order valence-corrected chi connectivity index (χ1v) is 13.0. The highest BCUT2D eigenvalue weighted by molar-refractivity contribution is 5.91. The van der Waals surface area contributed by atoms with Gasteiger partial charge >= 0.3 is 5.97 Å². The number of hydrogen-bond donors (Lipinski definition) is 0. The van der Waals surface area contributed by atoms with E-state index >= 15 is 0 Å². The van der Waals surface area contributed by atoms with E-state index in [0.717, 1.165) is 24.2 Å². The molecule has 0 N–H and O–H groups in total. The molecule has 7 heteroatoms. The van der Waals surface area contributed by atoms with Gasteiger partial charge in [-0.15, -0.1) is 0 Å². The van der Waals surface area contributed by atoms with Crippen molar-refractivity contribution in [3.8, 4) is 5.75 Å². The molecule has 0 aliphatic carbocycles. The largest absolute Gasteiger partial charge is 0.487 e. The van der Waals surface area contributed by atoms with Crippen LogP contribution in [0, 0.1) is 20.8 Å². The fourth-order valence-corrected chi connectivity index (χ4v) is 4.93. The summed E-state index contributed by atoms with van der Waals surface area (Å²) in [5.74, 6) is 1.96. The molecule has 4 rings (SSSR count). The van der Waals surface area contributed by atoms with Crippen molar-refractivity contribution in [1.29, 1.82) is 0 Å². The van der Waals surface area contributed by atoms with Crippen molar-refractivity contribution in [2.45, 2.75) is 79.4 Å². The molecular weight excluding hydrogens is 470 g/mol. The molecule has 2 aromatic heterocycles. The van der Waals surface area contributed by atoms with E-state index in [4.69, 9.17) is 18.3 Å². The highest BCUT2D eigenvalue weighted by atomic mass is 16.5. The van der Waals surface area contributed by atoms with Gasteiger partial charge in [0, 0.05) is 13.0 Å². The van der Waals surface area contributed by atoms with Crippen LogP contribution in [0.4, 0.5) is 0 Å². The van der Waals surface area contributed by atoms with Crippen LogP contribution in [-0.4, -0.2) is 35.5 Å². The fourth-order valence-electron chi connectivity index (χ4n) is 4.93. The van der Waals surface area contributed by atoms with Crippen LogP contribution in [0.25, 0.3) is 0 Å². The van der Waals surface area contributed by atoms with Crippen molar-refractivity contribution in [2.24, 2.45) is 0 Å². The molecule has 198 valence electrons. The molecule has 0 spiro atoms. The fraction of sp³-hybridized carbons (Fsp3) is 0.467. The van der Waals surface area contributed by atoms with Gasteiger partial charge in [0.05, 0.1) is 25.8 Å². The predicted octanol–water partition coefficient (Wildman–Crippen LogP) is 6.09. The van der Waals surface area contributed by atoms with Crippen LogP contribution in [0.15, 0.2) is 39.4 Å². The van der Waals surface area contributed by atoms with Crippen molar-refractivity contribution >= 4 is 11.9 Å². The third-order valence-corrected chi connectivity index (χ3v) is 7.22. The second kappa shape index (κ2) is 10.9. The third-order valence-electron chi connectivity index (χ3n) is 7.22. The Morgan fingerprint density at radius 2 is 1.84 bits per heavy atom. The minimum Gasteiger partial charge on any atom is -0.487 e. The smallest absolute Gasteiger partial charge is 0.307 e. The Morgan fingerprint density at radius 3 is 2.54 bits per heavy atom. The molecule has 0 unspecified atom stereocenters. The second-order valence-corrected chi connectivity index (χ2v) is 10.3. The Bertz CT molecular complexity index is 1270. The molecule has 0 saturated carbocycles. The number of amides is 1. The summed E-state index contributed by atoms with van der Waals surface area (Å²) < 4.78 is 22.9. The lowest BCUT2D eigenvalue weighted by atomic mass is 9.84. The highest BCUT2D eigenvalue weighted by Crippen LogP contribution is 2.41. The van der Waals surface area contributed by atoms with Crippen LogP contribution in [0.3, 0.4) is 0 Å². The van der Waals surface area contributed by atoms with Gasteiger partial charge in [0.1, 0.15) is 22.9 Å². The van der Waals surface area contributed by atoms with Gasteiger partial charge in [0.2, 0.25) is 0 Å². The lowest BCUT2D eigenvalue weighted by Gasteiger charge is -2.35. The Morgan fingerprint density at radius 1 is 1.05 bits per heavy atom. The maximum Gasteiger partial charge on any atom is 0.307 e. The number of ether oxygens (including phenoxy) is 2. The molecule has 3 heterocycles. The van der Waals surface area contributed by atoms with E-state index in [0.29, 0.717) is 24.5 Å². The summed E-state index contributed by atoms with van der Waals surface area (Å²) in [6.45, 7) is 13.2. The number of furan rings is 2. The van der Waals surface area contributed by atoms with Gasteiger partial charge in [0.25, 0.3) is 5.91 Å². The molecule has 3 aromatic rings. The van der Waals surface area contributed by atoms with E-state index < -0.39 is 0 Å². The number of nitrogens with zero attached hydrogens (tertiary/aromatic N) is 1. The quantitative estimate of drug-likeness (QED) is 0.326. The van der Waals surface area contributed by atoms with E-state index in [1.54, 1.807) is 36.3 Å². The topological polar surface area (TPSA) is 82.1 Å². The SMILES string of the molecule is CCOC(=O)CCN(Cc1ccco1)C(=O)c1ccc(Cc2c(C)c(C)c3c(c2C)CCC(C)(C)O3)o1. The summed E-state index contributed by atoms with van der Waals surface area (Å²) in [5, 5.41) is 0. The van der Waals surface area contributed by atoms with E-state index in [1.165, 1.54) is 22.3 Å². The zero-order chi connectivity index (χ0) is 26.7. The first-order chi connectivity index (χ1) is 17.6. The van der Waals surface area contributed by atoms with Crippen molar-refractivity contribution in [3.63, 3.8) is 0 Å². The zero-order valence-electron chi connectivity index (χ0n) is 22.7. The van der Waals surface area contributed by atoms with Crippen molar-refractivity contribution in [3.05, 3.63) is 75.6 Å². The average Bonchev–Trinajstić information content (AvgIpc) is 3.54. The molecular formula is C30H37NO6. The molecule has 0 saturated heterocycles. The van der Waals surface area contributed by atoms with E-state index in [2.05, 4.69) is 34.6 Å². The summed E-state index contributed by atoms with van der Waals surface area (Å²) in [6.07, 6.45) is 4.19. The molecule has 1 aromatic carbocycles. The van der Waals surface area contributed by atoms with Gasteiger partial charge in [-0.3, -0.25) is 9.59 Å². The first-order valence-electron chi connectivity index (χ1n) is 13.0. The lowest BCUT2D eigenvalue weighted by molar-refractivity contribution is -0.143. The molecule has 0 fully saturated rings. The normalized spacial score (nSPS) is 14.1. The summed E-state index contributed by atoms with van der Waals surface area (Å²) >= 11 is 0. The highest BCUT2D eigenvalue weighted by Gasteiger charge is 2.31. The number of hydrogen-bond acceptors (Lipinski definition) is 6. The zero-order valence-corrected chi connectivity index (χ0v) is 22.7. The number of rotatable bonds is 9. The maximum absolute atomic E-state index is 13.4. The van der Waals surface area contributed by atoms with E-state index in [-0.39, 0.29) is 42.7 Å². The van der Waals surface area contributed by atoms with E-state index in [9.17, 15) is 9.59 Å². The summed E-state index contributed by atoms with van der Waals surface area (Å²) in [5.41, 5.74) is 5.89. The lowest BCUT2D eigenvalue weighted by Crippen LogP contribution is -2.33. The molecule has 1 aliphatic heterocycles. The molecule has 0 atom stereocenters. The summed E-state index contributed by atoms with van der Waals surface area (Å²) in [4.78, 5) is 26.9. The third kappa shape index (κ3) is 5.92. The molecule has 1 aliphatic rings. The second-order valence-electron chi connectivity index (χ2n) is 10.3. The van der Waals surface area contributed by atoms with Crippen molar-refractivity contribution in [2.75, 3.05) is 13.2 Å². The first kappa shape index (κ1) is 26.6. The standard InChI is InChI=1S/C30H37NO6/c1-7-34-27(32)13-15-31(18-23-9-8-16-35-23)29(33)26-11-10-22(36-26)17-25-19(2)20(3)28-24(21(25)4)12-14-30(5,6)37-28/h8-11,16H,7,12-15,17-18H2,1-6H3. The monoisotopic (exact) mass is 507 g/mol. The van der Waals surface area contributed by atoms with Crippen molar-refractivity contribution < 1.29 is 27.9 Å². The molecule has 0 radical (unpaired) electrons. The predicted molar refractivity (Wildman–Crippen MR) is 140 cm³/mol. The molecule has 1 amide bonds. The van der Waals surface area contributed by atoms with Crippen molar-refractivity contribution in [1.82, 2.24) is 4.90 Å². The Hall–Kier alpha value is -3.48. The summed E-state index contributed by atoms with van der Waals surface area (Å²) in [6, 6.07) is 7.13. The van der Waals surface area contributed by atoms with E-state index in [1.807, 2.05) is 6.07 Å². The van der Waals surface area contributed by atoms with Gasteiger partial charge in [-0.05, 0) is 106 Å². The molecule has 0 bridgehead atoms. The number of benzene rings is 1. The van der Waals surface area contributed by atoms with Crippen LogP contribution < -0.4 is 4.74 Å². The number of carbonyl (C=O) groups is 2. The van der Waals surface area contributed by atoms with Crippen LogP contribution in [0.2, 0.25) is 0 Å². The van der Waals surface area contributed by atoms with Gasteiger partial charge in [-0.2, -0.15) is 0 Å². The van der Waals surface area contributed by atoms with Crippen LogP contribution in [-0.2, 0) is 28.9 Å². The maximum atomic E-state index is 13.4.